The fourth-order valence-electron chi connectivity index (χ4n) is 5.73. The molecule has 9 nitrogen and oxygen atoms in total. The van der Waals surface area contributed by atoms with Gasteiger partial charge in [0.2, 0.25) is 5.95 Å². The molecule has 1 aromatic heterocycles. The Hall–Kier alpha value is -3.12. The Morgan fingerprint density at radius 2 is 1.86 bits per heavy atom. The first-order valence-corrected chi connectivity index (χ1v) is 12.6. The van der Waals surface area contributed by atoms with Crippen molar-refractivity contribution in [1.82, 2.24) is 9.55 Å². The molecule has 12 heteroatoms. The molecule has 0 amide bonds. The van der Waals surface area contributed by atoms with E-state index in [1.54, 1.807) is 24.3 Å². The molecule has 198 valence electrons. The quantitative estimate of drug-likeness (QED) is 0.556. The van der Waals surface area contributed by atoms with Crippen LogP contribution in [0.2, 0.25) is 0 Å². The maximum atomic E-state index is 14.1. The molecule has 0 radical (unpaired) electrons. The maximum Gasteiger partial charge on any atom is 0.408 e. The summed E-state index contributed by atoms with van der Waals surface area (Å²) in [5.74, 6) is -0.246. The van der Waals surface area contributed by atoms with E-state index in [9.17, 15) is 22.8 Å². The number of rotatable bonds is 5. The fraction of sp³-hybridized carbons (Fsp3) is 0.560. The van der Waals surface area contributed by atoms with Crippen molar-refractivity contribution in [3.8, 4) is 0 Å². The van der Waals surface area contributed by atoms with Crippen LogP contribution in [0.4, 0.5) is 30.6 Å². The van der Waals surface area contributed by atoms with Crippen LogP contribution in [0.25, 0.3) is 0 Å². The van der Waals surface area contributed by atoms with Gasteiger partial charge in [0.1, 0.15) is 11.9 Å². The normalized spacial score (nSPS) is 25.5. The summed E-state index contributed by atoms with van der Waals surface area (Å²) in [5, 5.41) is 0. The van der Waals surface area contributed by atoms with E-state index in [1.807, 2.05) is 4.90 Å². The van der Waals surface area contributed by atoms with Gasteiger partial charge in [0.05, 0.1) is 38.5 Å². The number of aromatic nitrogens is 2. The number of halogens is 3. The van der Waals surface area contributed by atoms with Gasteiger partial charge in [0.15, 0.2) is 5.78 Å². The van der Waals surface area contributed by atoms with E-state index in [0.717, 1.165) is 30.1 Å². The maximum absolute atomic E-state index is 14.1. The van der Waals surface area contributed by atoms with Crippen LogP contribution in [0, 0.1) is 0 Å². The summed E-state index contributed by atoms with van der Waals surface area (Å²) < 4.78 is 54.6. The van der Waals surface area contributed by atoms with Crippen LogP contribution in [0.5, 0.6) is 0 Å². The van der Waals surface area contributed by atoms with Crippen molar-refractivity contribution in [1.29, 1.82) is 0 Å². The van der Waals surface area contributed by atoms with E-state index in [2.05, 4.69) is 9.88 Å². The van der Waals surface area contributed by atoms with Gasteiger partial charge in [-0.15, -0.1) is 0 Å². The van der Waals surface area contributed by atoms with Crippen molar-refractivity contribution in [3.63, 3.8) is 0 Å². The third kappa shape index (κ3) is 4.56. The van der Waals surface area contributed by atoms with Gasteiger partial charge in [-0.3, -0.25) is 14.2 Å². The molecule has 2 bridgehead atoms. The highest BCUT2D eigenvalue weighted by Crippen LogP contribution is 2.36. The average Bonchev–Trinajstić information content (AvgIpc) is 3.53. The molecule has 3 saturated heterocycles. The molecule has 1 aromatic carbocycles. The Balaban J connectivity index is 1.29. The minimum Gasteiger partial charge on any atom is -0.378 e. The van der Waals surface area contributed by atoms with Gasteiger partial charge in [0, 0.05) is 43.5 Å². The van der Waals surface area contributed by atoms with Crippen molar-refractivity contribution in [2.24, 2.45) is 0 Å². The van der Waals surface area contributed by atoms with Crippen LogP contribution in [0.15, 0.2) is 35.1 Å². The van der Waals surface area contributed by atoms with Gasteiger partial charge in [-0.2, -0.15) is 18.2 Å². The van der Waals surface area contributed by atoms with E-state index in [0.29, 0.717) is 37.7 Å². The molecule has 5 heterocycles. The van der Waals surface area contributed by atoms with Crippen LogP contribution < -0.4 is 20.3 Å². The summed E-state index contributed by atoms with van der Waals surface area (Å²) in [6.07, 6.45) is -4.08. The van der Waals surface area contributed by atoms with E-state index < -0.39 is 30.1 Å². The summed E-state index contributed by atoms with van der Waals surface area (Å²) in [5.41, 5.74) is 0.817. The Kier molecular flexibility index (Phi) is 6.10. The SMILES string of the molecule is O=C(CN1c2nc(N3C[C@@H]4C[C@H]3CO4)cc(=O)n2CC[C@H]1C(F)(F)F)c1ccc(N2CCOCC2)cc1. The molecule has 4 aliphatic rings. The summed E-state index contributed by atoms with van der Waals surface area (Å²) in [4.78, 5) is 35.7. The molecule has 4 aliphatic heterocycles. The van der Waals surface area contributed by atoms with E-state index in [-0.39, 0.29) is 31.1 Å². The van der Waals surface area contributed by atoms with E-state index in [4.69, 9.17) is 9.47 Å². The summed E-state index contributed by atoms with van der Waals surface area (Å²) in [7, 11) is 0. The van der Waals surface area contributed by atoms with Crippen molar-refractivity contribution in [2.45, 2.75) is 43.8 Å². The largest absolute Gasteiger partial charge is 0.408 e. The van der Waals surface area contributed by atoms with Crippen molar-refractivity contribution in [3.05, 3.63) is 46.2 Å². The van der Waals surface area contributed by atoms with Gasteiger partial charge in [-0.25, -0.2) is 0 Å². The predicted molar refractivity (Wildman–Crippen MR) is 130 cm³/mol. The fourth-order valence-corrected chi connectivity index (χ4v) is 5.73. The molecule has 0 aliphatic carbocycles. The molecule has 3 fully saturated rings. The zero-order valence-electron chi connectivity index (χ0n) is 20.2. The lowest BCUT2D eigenvalue weighted by Crippen LogP contribution is -2.54. The van der Waals surface area contributed by atoms with Crippen LogP contribution in [0.1, 0.15) is 23.2 Å². The number of alkyl halides is 3. The molecular weight excluding hydrogens is 491 g/mol. The van der Waals surface area contributed by atoms with E-state index in [1.165, 1.54) is 10.6 Å². The molecule has 2 aromatic rings. The van der Waals surface area contributed by atoms with E-state index >= 15 is 0 Å². The number of nitrogens with zero attached hydrogens (tertiary/aromatic N) is 5. The first kappa shape index (κ1) is 24.2. The molecule has 0 unspecified atom stereocenters. The lowest BCUT2D eigenvalue weighted by Gasteiger charge is -2.39. The van der Waals surface area contributed by atoms with Gasteiger partial charge < -0.3 is 24.2 Å². The summed E-state index contributed by atoms with van der Waals surface area (Å²) >= 11 is 0. The number of morpholine rings is 2. The highest BCUT2D eigenvalue weighted by atomic mass is 19.4. The van der Waals surface area contributed by atoms with Crippen molar-refractivity contribution < 1.29 is 27.4 Å². The van der Waals surface area contributed by atoms with Gasteiger partial charge in [0.25, 0.3) is 5.56 Å². The minimum atomic E-state index is -4.58. The van der Waals surface area contributed by atoms with Gasteiger partial charge >= 0.3 is 6.18 Å². The monoisotopic (exact) mass is 519 g/mol. The number of fused-ring (bicyclic) bond motifs is 3. The number of carbonyl (C=O) groups excluding carboxylic acids is 1. The average molecular weight is 520 g/mol. The Morgan fingerprint density at radius 1 is 1.11 bits per heavy atom. The van der Waals surface area contributed by atoms with Crippen LogP contribution in [-0.2, 0) is 16.0 Å². The number of hydrogen-bond donors (Lipinski definition) is 0. The minimum absolute atomic E-state index is 0.0339. The second-order valence-corrected chi connectivity index (χ2v) is 9.94. The van der Waals surface area contributed by atoms with Crippen LogP contribution in [0.3, 0.4) is 0 Å². The molecule has 6 rings (SSSR count). The smallest absolute Gasteiger partial charge is 0.378 e. The molecular formula is C25H28F3N5O4. The summed E-state index contributed by atoms with van der Waals surface area (Å²) in [6, 6.07) is 6.38. The standard InChI is InChI=1S/C25H28F3N5O4/c26-25(27,28)21-5-6-31-23(35)12-22(32-13-19-11-18(32)15-37-19)29-24(31)33(21)14-20(34)16-1-3-17(4-2-16)30-7-9-36-10-8-30/h1-4,12,18-19,21H,5-11,13-15H2/t18-,19-,21-/m0/s1. The third-order valence-corrected chi connectivity index (χ3v) is 7.69. The Morgan fingerprint density at radius 3 is 2.51 bits per heavy atom. The first-order chi connectivity index (χ1) is 17.8. The molecule has 0 saturated carbocycles. The number of Topliss-reactive ketones (excluding diaryl/α,β-unsaturated/α-hetero) is 1. The highest BCUT2D eigenvalue weighted by molar-refractivity contribution is 5.99. The zero-order valence-corrected chi connectivity index (χ0v) is 20.2. The number of ether oxygens (including phenoxy) is 2. The van der Waals surface area contributed by atoms with Crippen LogP contribution in [-0.4, -0.2) is 85.7 Å². The highest BCUT2D eigenvalue weighted by Gasteiger charge is 2.48. The zero-order chi connectivity index (χ0) is 25.7. The molecule has 0 spiro atoms. The first-order valence-electron chi connectivity index (χ1n) is 12.6. The molecule has 37 heavy (non-hydrogen) atoms. The number of hydrogen-bond acceptors (Lipinski definition) is 8. The number of anilines is 3. The lowest BCUT2D eigenvalue weighted by molar-refractivity contribution is -0.152. The molecule has 0 N–H and O–H groups in total. The second-order valence-electron chi connectivity index (χ2n) is 9.94. The second kappa shape index (κ2) is 9.32. The Bertz CT molecular complexity index is 1230. The van der Waals surface area contributed by atoms with Crippen molar-refractivity contribution in [2.75, 3.05) is 60.7 Å². The lowest BCUT2D eigenvalue weighted by atomic mass is 10.1. The summed E-state index contributed by atoms with van der Waals surface area (Å²) in [6.45, 7) is 3.10. The third-order valence-electron chi connectivity index (χ3n) is 7.69. The Labute approximate surface area is 211 Å². The van der Waals surface area contributed by atoms with Crippen molar-refractivity contribution >= 4 is 23.2 Å². The van der Waals surface area contributed by atoms with Gasteiger partial charge in [-0.05, 0) is 37.1 Å². The number of ketones is 1. The van der Waals surface area contributed by atoms with Crippen LogP contribution >= 0.6 is 0 Å². The molecule has 3 atom stereocenters. The number of benzene rings is 1. The topological polar surface area (TPSA) is 80.1 Å². The number of carbonyl (C=O) groups is 1. The predicted octanol–water partition coefficient (Wildman–Crippen LogP) is 2.08. The van der Waals surface area contributed by atoms with Gasteiger partial charge in [-0.1, -0.05) is 0 Å².